The van der Waals surface area contributed by atoms with Gasteiger partial charge in [0.2, 0.25) is 0 Å². The van der Waals surface area contributed by atoms with Crippen LogP contribution in [-0.4, -0.2) is 32.9 Å². The van der Waals surface area contributed by atoms with Crippen LogP contribution in [0.2, 0.25) is 0 Å². The highest BCUT2D eigenvalue weighted by atomic mass is 32.1. The van der Waals surface area contributed by atoms with Crippen LogP contribution in [0.1, 0.15) is 18.4 Å². The van der Waals surface area contributed by atoms with Gasteiger partial charge in [-0.3, -0.25) is 9.88 Å². The van der Waals surface area contributed by atoms with Gasteiger partial charge >= 0.3 is 0 Å². The quantitative estimate of drug-likeness (QED) is 0.517. The number of nitrogens with one attached hydrogen (secondary N) is 1. The second kappa shape index (κ2) is 7.66. The second-order valence-electron chi connectivity index (χ2n) is 7.06. The molecule has 5 nitrogen and oxygen atoms in total. The van der Waals surface area contributed by atoms with E-state index in [1.54, 1.807) is 11.3 Å². The Hall–Kier alpha value is -2.83. The number of anilines is 2. The number of hydrogen-bond donors (Lipinski definition) is 1. The summed E-state index contributed by atoms with van der Waals surface area (Å²) in [7, 11) is 0. The molecule has 28 heavy (non-hydrogen) atoms. The van der Waals surface area contributed by atoms with Gasteiger partial charge in [0.15, 0.2) is 5.13 Å². The minimum absolute atomic E-state index is 0.848. The van der Waals surface area contributed by atoms with E-state index in [0.29, 0.717) is 0 Å². The molecule has 1 N–H and O–H groups in total. The maximum atomic E-state index is 4.85. The highest BCUT2D eigenvalue weighted by Crippen LogP contribution is 2.34. The first-order chi connectivity index (χ1) is 13.8. The third kappa shape index (κ3) is 3.61. The zero-order valence-corrected chi connectivity index (χ0v) is 16.3. The van der Waals surface area contributed by atoms with Gasteiger partial charge in [-0.15, -0.1) is 0 Å². The summed E-state index contributed by atoms with van der Waals surface area (Å²) in [6.07, 6.45) is 8.12. The molecule has 1 aliphatic heterocycles. The molecular formula is C22H21N5S. The van der Waals surface area contributed by atoms with Crippen molar-refractivity contribution in [2.24, 2.45) is 0 Å². The smallest absolute Gasteiger partial charge is 0.189 e. The molecule has 1 fully saturated rings. The Labute approximate surface area is 168 Å². The molecule has 1 saturated heterocycles. The van der Waals surface area contributed by atoms with Crippen LogP contribution >= 0.6 is 11.3 Å². The van der Waals surface area contributed by atoms with Crippen LogP contribution in [0.25, 0.3) is 21.3 Å². The van der Waals surface area contributed by atoms with Gasteiger partial charge in [-0.05, 0) is 67.4 Å². The standard InChI is InChI=1S/C22H21N5S/c1-2-13-27(12-1)15-16-6-11-24-20(14-16)25-22-26-21-18(4-3-5-19(21)28-22)17-7-9-23-10-8-17/h3-11,14H,1-2,12-13,15H2,(H,24,25,26). The minimum atomic E-state index is 0.848. The normalized spacial score (nSPS) is 14.6. The third-order valence-electron chi connectivity index (χ3n) is 5.07. The number of pyridine rings is 2. The summed E-state index contributed by atoms with van der Waals surface area (Å²) in [6.45, 7) is 3.38. The van der Waals surface area contributed by atoms with Crippen LogP contribution < -0.4 is 5.32 Å². The molecule has 0 bridgehead atoms. The number of nitrogens with zero attached hydrogens (tertiary/aromatic N) is 4. The van der Waals surface area contributed by atoms with Gasteiger partial charge in [0, 0.05) is 30.7 Å². The molecule has 1 aliphatic rings. The molecule has 140 valence electrons. The molecule has 0 unspecified atom stereocenters. The van der Waals surface area contributed by atoms with E-state index in [4.69, 9.17) is 4.98 Å². The Morgan fingerprint density at radius 2 is 1.86 bits per heavy atom. The molecule has 4 heterocycles. The van der Waals surface area contributed by atoms with Crippen molar-refractivity contribution in [1.29, 1.82) is 0 Å². The van der Waals surface area contributed by atoms with Gasteiger partial charge in [-0.2, -0.15) is 0 Å². The Kier molecular flexibility index (Phi) is 4.72. The lowest BCUT2D eigenvalue weighted by molar-refractivity contribution is 0.331. The first kappa shape index (κ1) is 17.3. The van der Waals surface area contributed by atoms with Gasteiger partial charge < -0.3 is 5.32 Å². The fourth-order valence-corrected chi connectivity index (χ4v) is 4.62. The molecule has 0 radical (unpaired) electrons. The molecule has 4 aromatic rings. The number of fused-ring (bicyclic) bond motifs is 1. The first-order valence-corrected chi connectivity index (χ1v) is 10.4. The first-order valence-electron chi connectivity index (χ1n) is 9.59. The van der Waals surface area contributed by atoms with Crippen LogP contribution in [-0.2, 0) is 6.54 Å². The fraction of sp³-hybridized carbons (Fsp3) is 0.227. The lowest BCUT2D eigenvalue weighted by Crippen LogP contribution is -2.18. The zero-order chi connectivity index (χ0) is 18.8. The number of aromatic nitrogens is 3. The molecule has 0 spiro atoms. The third-order valence-corrected chi connectivity index (χ3v) is 6.01. The fourth-order valence-electron chi connectivity index (χ4n) is 3.72. The summed E-state index contributed by atoms with van der Waals surface area (Å²) in [5.74, 6) is 0.848. The van der Waals surface area contributed by atoms with E-state index in [0.717, 1.165) is 38.8 Å². The molecule has 0 atom stereocenters. The number of likely N-dealkylation sites (tertiary alicyclic amines) is 1. The van der Waals surface area contributed by atoms with Crippen molar-refractivity contribution in [2.75, 3.05) is 18.4 Å². The largest absolute Gasteiger partial charge is 0.316 e. The summed E-state index contributed by atoms with van der Waals surface area (Å²) < 4.78 is 1.16. The maximum Gasteiger partial charge on any atom is 0.189 e. The van der Waals surface area contributed by atoms with Gasteiger partial charge in [0.25, 0.3) is 0 Å². The Balaban J connectivity index is 1.41. The Morgan fingerprint density at radius 3 is 2.71 bits per heavy atom. The summed E-state index contributed by atoms with van der Waals surface area (Å²) in [5, 5.41) is 4.27. The molecule has 6 heteroatoms. The van der Waals surface area contributed by atoms with Gasteiger partial charge in [0.05, 0.1) is 10.2 Å². The van der Waals surface area contributed by atoms with Crippen molar-refractivity contribution in [1.82, 2.24) is 19.9 Å². The van der Waals surface area contributed by atoms with Crippen LogP contribution in [0.4, 0.5) is 10.9 Å². The van der Waals surface area contributed by atoms with E-state index in [9.17, 15) is 0 Å². The number of thiazole rings is 1. The number of rotatable bonds is 5. The van der Waals surface area contributed by atoms with E-state index in [1.165, 1.54) is 31.5 Å². The summed E-state index contributed by atoms with van der Waals surface area (Å²) in [4.78, 5) is 16.0. The number of para-hydroxylation sites is 1. The van der Waals surface area contributed by atoms with Crippen molar-refractivity contribution < 1.29 is 0 Å². The van der Waals surface area contributed by atoms with Gasteiger partial charge in [-0.25, -0.2) is 9.97 Å². The van der Waals surface area contributed by atoms with Crippen molar-refractivity contribution in [3.63, 3.8) is 0 Å². The minimum Gasteiger partial charge on any atom is -0.316 e. The SMILES string of the molecule is c1cc(-c2ccncc2)c2nc(Nc3cc(CN4CCCC4)ccn3)sc2c1. The summed E-state index contributed by atoms with van der Waals surface area (Å²) in [5.41, 5.74) is 4.55. The Morgan fingerprint density at radius 1 is 1.00 bits per heavy atom. The molecule has 0 saturated carbocycles. The van der Waals surface area contributed by atoms with Crippen molar-refractivity contribution >= 4 is 32.5 Å². The van der Waals surface area contributed by atoms with Crippen LogP contribution in [0.15, 0.2) is 61.1 Å². The Bertz CT molecular complexity index is 1090. The predicted molar refractivity (Wildman–Crippen MR) is 115 cm³/mol. The van der Waals surface area contributed by atoms with Gasteiger partial charge in [-0.1, -0.05) is 23.5 Å². The predicted octanol–water partition coefficient (Wildman–Crippen LogP) is 5.09. The van der Waals surface area contributed by atoms with Crippen molar-refractivity contribution in [3.05, 3.63) is 66.6 Å². The second-order valence-corrected chi connectivity index (χ2v) is 8.10. The zero-order valence-electron chi connectivity index (χ0n) is 15.5. The highest BCUT2D eigenvalue weighted by molar-refractivity contribution is 7.22. The lowest BCUT2D eigenvalue weighted by atomic mass is 10.1. The van der Waals surface area contributed by atoms with Gasteiger partial charge in [0.1, 0.15) is 5.82 Å². The van der Waals surface area contributed by atoms with E-state index in [1.807, 2.05) is 30.7 Å². The lowest BCUT2D eigenvalue weighted by Gasteiger charge is -2.14. The average Bonchev–Trinajstić information content (AvgIpc) is 3.38. The van der Waals surface area contributed by atoms with E-state index < -0.39 is 0 Å². The van der Waals surface area contributed by atoms with Crippen LogP contribution in [0, 0.1) is 0 Å². The van der Waals surface area contributed by atoms with Crippen LogP contribution in [0.3, 0.4) is 0 Å². The number of hydrogen-bond acceptors (Lipinski definition) is 6. The molecule has 0 aliphatic carbocycles. The van der Waals surface area contributed by atoms with E-state index in [-0.39, 0.29) is 0 Å². The molecule has 0 amide bonds. The monoisotopic (exact) mass is 387 g/mol. The summed E-state index contributed by atoms with van der Waals surface area (Å²) in [6, 6.07) is 14.6. The molecule has 3 aromatic heterocycles. The van der Waals surface area contributed by atoms with Crippen molar-refractivity contribution in [2.45, 2.75) is 19.4 Å². The molecule has 1 aromatic carbocycles. The number of benzene rings is 1. The average molecular weight is 388 g/mol. The van der Waals surface area contributed by atoms with E-state index >= 15 is 0 Å². The van der Waals surface area contributed by atoms with Crippen LogP contribution in [0.5, 0.6) is 0 Å². The summed E-state index contributed by atoms with van der Waals surface area (Å²) >= 11 is 1.65. The molecular weight excluding hydrogens is 366 g/mol. The molecule has 5 rings (SSSR count). The topological polar surface area (TPSA) is 53.9 Å². The van der Waals surface area contributed by atoms with Crippen molar-refractivity contribution in [3.8, 4) is 11.1 Å². The maximum absolute atomic E-state index is 4.85. The van der Waals surface area contributed by atoms with E-state index in [2.05, 4.69) is 50.5 Å². The highest BCUT2D eigenvalue weighted by Gasteiger charge is 2.13.